The van der Waals surface area contributed by atoms with Crippen molar-refractivity contribution in [3.63, 3.8) is 0 Å². The third-order valence-electron chi connectivity index (χ3n) is 4.80. The third-order valence-corrected chi connectivity index (χ3v) is 5.04. The summed E-state index contributed by atoms with van der Waals surface area (Å²) < 4.78 is 0. The molecule has 1 aliphatic rings. The molecule has 0 spiro atoms. The second kappa shape index (κ2) is 7.92. The standard InChI is InChI=1S/C21H23ClN2O2/c1-15-9-10-18(22)14-20(15)23(16(2)25)13-11-21(26)24-12-5-7-17-6-3-4-8-19(17)24/h3-4,6,8-10,14H,5,7,11-13H2,1-2H3. The van der Waals surface area contributed by atoms with E-state index in [2.05, 4.69) is 6.07 Å². The highest BCUT2D eigenvalue weighted by atomic mass is 35.5. The van der Waals surface area contributed by atoms with E-state index < -0.39 is 0 Å². The van der Waals surface area contributed by atoms with Gasteiger partial charge in [-0.15, -0.1) is 0 Å². The van der Waals surface area contributed by atoms with E-state index in [4.69, 9.17) is 11.6 Å². The fraction of sp³-hybridized carbons (Fsp3) is 0.333. The van der Waals surface area contributed by atoms with Crippen LogP contribution in [-0.2, 0) is 16.0 Å². The van der Waals surface area contributed by atoms with E-state index in [1.807, 2.05) is 36.1 Å². The zero-order chi connectivity index (χ0) is 18.7. The van der Waals surface area contributed by atoms with Crippen molar-refractivity contribution in [2.75, 3.05) is 22.9 Å². The van der Waals surface area contributed by atoms with Crippen LogP contribution in [0.25, 0.3) is 0 Å². The molecule has 2 amide bonds. The number of halogens is 1. The highest BCUT2D eigenvalue weighted by molar-refractivity contribution is 6.31. The number of anilines is 2. The van der Waals surface area contributed by atoms with Crippen LogP contribution in [0.2, 0.25) is 5.02 Å². The van der Waals surface area contributed by atoms with Crippen LogP contribution < -0.4 is 9.80 Å². The van der Waals surface area contributed by atoms with Crippen LogP contribution in [-0.4, -0.2) is 24.9 Å². The van der Waals surface area contributed by atoms with Gasteiger partial charge in [-0.2, -0.15) is 0 Å². The van der Waals surface area contributed by atoms with Crippen LogP contribution in [0, 0.1) is 6.92 Å². The largest absolute Gasteiger partial charge is 0.312 e. The molecule has 2 aromatic rings. The zero-order valence-electron chi connectivity index (χ0n) is 15.2. The van der Waals surface area contributed by atoms with Gasteiger partial charge in [0.1, 0.15) is 0 Å². The molecule has 0 saturated carbocycles. The highest BCUT2D eigenvalue weighted by Gasteiger charge is 2.23. The van der Waals surface area contributed by atoms with Gasteiger partial charge in [-0.3, -0.25) is 9.59 Å². The molecule has 26 heavy (non-hydrogen) atoms. The van der Waals surface area contributed by atoms with Crippen molar-refractivity contribution in [1.82, 2.24) is 0 Å². The number of hydrogen-bond donors (Lipinski definition) is 0. The van der Waals surface area contributed by atoms with Crippen LogP contribution in [0.3, 0.4) is 0 Å². The average Bonchev–Trinajstić information content (AvgIpc) is 2.63. The van der Waals surface area contributed by atoms with Crippen LogP contribution in [0.15, 0.2) is 42.5 Å². The molecule has 5 heteroatoms. The lowest BCUT2D eigenvalue weighted by molar-refractivity contribution is -0.118. The number of fused-ring (bicyclic) bond motifs is 1. The lowest BCUT2D eigenvalue weighted by atomic mass is 10.0. The molecule has 0 aromatic heterocycles. The van der Waals surface area contributed by atoms with Crippen molar-refractivity contribution < 1.29 is 9.59 Å². The van der Waals surface area contributed by atoms with Crippen molar-refractivity contribution >= 4 is 34.8 Å². The van der Waals surface area contributed by atoms with Crippen molar-refractivity contribution in [3.05, 3.63) is 58.6 Å². The Balaban J connectivity index is 1.75. The van der Waals surface area contributed by atoms with Crippen molar-refractivity contribution in [2.45, 2.75) is 33.1 Å². The molecule has 0 unspecified atom stereocenters. The van der Waals surface area contributed by atoms with Crippen LogP contribution in [0.5, 0.6) is 0 Å². The molecule has 1 aliphatic heterocycles. The van der Waals surface area contributed by atoms with E-state index >= 15 is 0 Å². The van der Waals surface area contributed by atoms with Gasteiger partial charge in [0.05, 0.1) is 0 Å². The number of carbonyl (C=O) groups excluding carboxylic acids is 2. The fourth-order valence-corrected chi connectivity index (χ4v) is 3.62. The molecule has 0 aliphatic carbocycles. The maximum Gasteiger partial charge on any atom is 0.228 e. The van der Waals surface area contributed by atoms with Crippen LogP contribution in [0.1, 0.15) is 30.9 Å². The number of carbonyl (C=O) groups is 2. The number of nitrogens with zero attached hydrogens (tertiary/aromatic N) is 2. The SMILES string of the molecule is CC(=O)N(CCC(=O)N1CCCc2ccccc21)c1cc(Cl)ccc1C. The number of aryl methyl sites for hydroxylation is 2. The van der Waals surface area contributed by atoms with Crippen LogP contribution >= 0.6 is 11.6 Å². The molecule has 0 N–H and O–H groups in total. The lowest BCUT2D eigenvalue weighted by Crippen LogP contribution is -2.39. The first kappa shape index (κ1) is 18.5. The lowest BCUT2D eigenvalue weighted by Gasteiger charge is -2.30. The summed E-state index contributed by atoms with van der Waals surface area (Å²) in [5.74, 6) is -0.0507. The molecule has 1 heterocycles. The number of benzene rings is 2. The van der Waals surface area contributed by atoms with Crippen LogP contribution in [0.4, 0.5) is 11.4 Å². The van der Waals surface area contributed by atoms with Crippen molar-refractivity contribution in [3.8, 4) is 0 Å². The highest BCUT2D eigenvalue weighted by Crippen LogP contribution is 2.28. The Morgan fingerprint density at radius 3 is 2.73 bits per heavy atom. The minimum Gasteiger partial charge on any atom is -0.312 e. The minimum atomic E-state index is -0.0952. The fourth-order valence-electron chi connectivity index (χ4n) is 3.46. The Labute approximate surface area is 159 Å². The summed E-state index contributed by atoms with van der Waals surface area (Å²) in [6, 6.07) is 13.5. The van der Waals surface area contributed by atoms with E-state index in [0.717, 1.165) is 36.3 Å². The Bertz CT molecular complexity index is 835. The van der Waals surface area contributed by atoms with Gasteiger partial charge in [-0.25, -0.2) is 0 Å². The minimum absolute atomic E-state index is 0.0445. The summed E-state index contributed by atoms with van der Waals surface area (Å²) >= 11 is 6.09. The molecule has 3 rings (SSSR count). The smallest absolute Gasteiger partial charge is 0.228 e. The first-order valence-electron chi connectivity index (χ1n) is 8.90. The summed E-state index contributed by atoms with van der Waals surface area (Å²) in [5, 5.41) is 0.577. The summed E-state index contributed by atoms with van der Waals surface area (Å²) in [6.45, 7) is 4.52. The molecule has 0 bridgehead atoms. The maximum absolute atomic E-state index is 12.8. The topological polar surface area (TPSA) is 40.6 Å². The van der Waals surface area contributed by atoms with Gasteiger partial charge in [-0.05, 0) is 49.1 Å². The van der Waals surface area contributed by atoms with Gasteiger partial charge >= 0.3 is 0 Å². The maximum atomic E-state index is 12.8. The molecular weight excluding hydrogens is 348 g/mol. The van der Waals surface area contributed by atoms with Gasteiger partial charge in [0, 0.05) is 42.8 Å². The third kappa shape index (κ3) is 3.91. The van der Waals surface area contributed by atoms with Gasteiger partial charge in [0.15, 0.2) is 0 Å². The Morgan fingerprint density at radius 1 is 1.19 bits per heavy atom. The predicted molar refractivity (Wildman–Crippen MR) is 106 cm³/mol. The Morgan fingerprint density at radius 2 is 1.96 bits per heavy atom. The molecular formula is C21H23ClN2O2. The average molecular weight is 371 g/mol. The van der Waals surface area contributed by atoms with E-state index in [9.17, 15) is 9.59 Å². The van der Waals surface area contributed by atoms with E-state index in [-0.39, 0.29) is 18.2 Å². The molecule has 4 nitrogen and oxygen atoms in total. The van der Waals surface area contributed by atoms with Gasteiger partial charge in [-0.1, -0.05) is 35.9 Å². The van der Waals surface area contributed by atoms with Crippen molar-refractivity contribution in [2.24, 2.45) is 0 Å². The van der Waals surface area contributed by atoms with E-state index in [0.29, 0.717) is 11.6 Å². The van der Waals surface area contributed by atoms with E-state index in [1.165, 1.54) is 12.5 Å². The first-order chi connectivity index (χ1) is 12.5. The normalized spacial score (nSPS) is 13.3. The number of amides is 2. The molecule has 0 radical (unpaired) electrons. The molecule has 0 fully saturated rings. The quantitative estimate of drug-likeness (QED) is 0.801. The first-order valence-corrected chi connectivity index (χ1v) is 9.27. The van der Waals surface area contributed by atoms with E-state index in [1.54, 1.807) is 17.0 Å². The number of para-hydroxylation sites is 1. The van der Waals surface area contributed by atoms with Crippen molar-refractivity contribution in [1.29, 1.82) is 0 Å². The van der Waals surface area contributed by atoms with Gasteiger partial charge in [0.2, 0.25) is 11.8 Å². The Hall–Kier alpha value is -2.33. The second-order valence-electron chi connectivity index (χ2n) is 6.63. The molecule has 2 aromatic carbocycles. The van der Waals surface area contributed by atoms with Gasteiger partial charge in [0.25, 0.3) is 0 Å². The monoisotopic (exact) mass is 370 g/mol. The summed E-state index contributed by atoms with van der Waals surface area (Å²) in [4.78, 5) is 28.5. The zero-order valence-corrected chi connectivity index (χ0v) is 15.9. The second-order valence-corrected chi connectivity index (χ2v) is 7.07. The summed E-state index contributed by atoms with van der Waals surface area (Å²) in [7, 11) is 0. The molecule has 0 saturated heterocycles. The summed E-state index contributed by atoms with van der Waals surface area (Å²) in [5.41, 5.74) is 3.93. The van der Waals surface area contributed by atoms with Gasteiger partial charge < -0.3 is 9.80 Å². The predicted octanol–water partition coefficient (Wildman–Crippen LogP) is 4.37. The summed E-state index contributed by atoms with van der Waals surface area (Å²) in [6.07, 6.45) is 2.24. The number of hydrogen-bond acceptors (Lipinski definition) is 2. The molecule has 0 atom stereocenters. The Kier molecular flexibility index (Phi) is 5.62. The number of rotatable bonds is 4. The molecule has 136 valence electrons.